The number of pyridine rings is 8. The zero-order valence-corrected chi connectivity index (χ0v) is 72.6. The minimum absolute atomic E-state index is 0.0691. The normalized spacial score (nSPS) is 12.6. The number of thiazole rings is 1. The fourth-order valence-corrected chi connectivity index (χ4v) is 20.6. The van der Waals surface area contributed by atoms with E-state index in [2.05, 4.69) is 98.0 Å². The van der Waals surface area contributed by atoms with Crippen LogP contribution < -0.4 is 28.0 Å². The SMILES string of the molecule is Cc1c(-c2ccc[nH]c2=O)c2cc3scnc3cc2n1Cc1ccnc(N)c1.O=C(O)c1c(-c2ccc[nH]c2=O)c2cc3c(cc2n1Cc1cc(Cl)nc2ccccc12)CCC3.O=C(O)c1c(-c2ccc[nH]c2=O)c2cc3c(cc2n1Cc1cc2ccccc2nc1Cl)CCC3.O=C(O)c1c(-c2ccc[nH]c2=O)c2cc3c(cc2n1Cc1cnc2ccccc2c1Cl)CCC3. The van der Waals surface area contributed by atoms with Crippen LogP contribution in [-0.4, -0.2) is 96.4 Å². The van der Waals surface area contributed by atoms with Crippen molar-refractivity contribution >= 4 is 156 Å². The number of aromatic carboxylic acids is 3. The molecule has 23 rings (SSSR count). The minimum atomic E-state index is -1.10. The number of benzene rings is 7. The number of fused-ring (bicyclic) bond motifs is 11. The lowest BCUT2D eigenvalue weighted by Crippen LogP contribution is -2.14. The minimum Gasteiger partial charge on any atom is -0.477 e. The van der Waals surface area contributed by atoms with Gasteiger partial charge in [0.15, 0.2) is 0 Å². The highest BCUT2D eigenvalue weighted by atomic mass is 35.5. The molecule has 3 aliphatic carbocycles. The summed E-state index contributed by atoms with van der Waals surface area (Å²) in [6.45, 7) is 3.41. The Hall–Kier alpha value is -15.2. The molecular formula is C102H77Cl3N14O10S. The summed E-state index contributed by atoms with van der Waals surface area (Å²) in [5.41, 5.74) is 29.2. The van der Waals surface area contributed by atoms with Gasteiger partial charge in [0.1, 0.15) is 33.2 Å². The van der Waals surface area contributed by atoms with Crippen molar-refractivity contribution in [3.05, 3.63) is 372 Å². The third-order valence-electron chi connectivity index (χ3n) is 25.0. The molecule has 9 N–H and O–H groups in total. The third-order valence-corrected chi connectivity index (χ3v) is 26.8. The number of carboxylic acid groups (broad SMARTS) is 3. The molecule has 0 radical (unpaired) electrons. The van der Waals surface area contributed by atoms with Gasteiger partial charge >= 0.3 is 17.9 Å². The van der Waals surface area contributed by atoms with E-state index < -0.39 is 17.9 Å². The monoisotopic (exact) mass is 1790 g/mol. The van der Waals surface area contributed by atoms with Gasteiger partial charge in [-0.3, -0.25) is 24.2 Å². The van der Waals surface area contributed by atoms with Crippen LogP contribution in [0.15, 0.2) is 256 Å². The molecule has 642 valence electrons. The number of hydrogen-bond acceptors (Lipinski definition) is 14. The first-order chi connectivity index (χ1) is 63.2. The van der Waals surface area contributed by atoms with Crippen LogP contribution in [0.2, 0.25) is 15.3 Å². The largest absolute Gasteiger partial charge is 0.477 e. The second-order valence-electron chi connectivity index (χ2n) is 32.7. The van der Waals surface area contributed by atoms with Crippen molar-refractivity contribution < 1.29 is 29.7 Å². The first-order valence-corrected chi connectivity index (χ1v) is 44.3. The third kappa shape index (κ3) is 15.2. The number of hydrogen-bond donors (Lipinski definition) is 8. The van der Waals surface area contributed by atoms with Crippen LogP contribution in [0.1, 0.15) is 112 Å². The van der Waals surface area contributed by atoms with Gasteiger partial charge in [-0.25, -0.2) is 34.3 Å². The predicted octanol–water partition coefficient (Wildman–Crippen LogP) is 20.2. The Morgan fingerprint density at radius 3 is 1.35 bits per heavy atom. The highest BCUT2D eigenvalue weighted by Gasteiger charge is 2.33. The average molecular weight is 1800 g/mol. The lowest BCUT2D eigenvalue weighted by molar-refractivity contribution is 0.0676. The number of rotatable bonds is 15. The number of nitrogens with zero attached hydrogens (tertiary/aromatic N) is 9. The van der Waals surface area contributed by atoms with Crippen molar-refractivity contribution in [1.82, 2.24) is 63.1 Å². The highest BCUT2D eigenvalue weighted by Crippen LogP contribution is 2.45. The molecule has 0 atom stereocenters. The number of halogens is 3. The molecule has 13 heterocycles. The molecule has 20 aromatic rings. The standard InChI is InChI=1S/3C27H20ClN3O3.C21H17N5OS/c28-24-17(13-30-21-9-2-1-7-18(21)24)14-31-22-12-16-6-3-5-15(16)11-20(22)23(25(31)27(33)34)19-8-4-10-29-26(19)32;28-23-13-17(18-7-1-2-9-21(18)30-23)14-31-22-12-16-6-3-5-15(16)11-20(22)24(25(31)27(33)34)19-8-4-10-29-26(19)32;28-25-18(11-17-5-1-2-9-21(17)30-25)14-31-22-13-16-7-3-6-15(16)12-20(22)23(24(31)27(33)34)19-8-4-10-29-26(19)32;1-12-20(14-3-2-5-24-21(14)27)15-8-18-16(25-11-28-18)9-17(15)26(12)10-13-4-6-23-19(22)7-13/h2*1-2,4,7-13H,3,5-6,14H2,(H,29,32)(H,33,34);1-2,4-5,8-13H,3,6-7,14H2,(H,29,32)(H,33,34);2-9,11H,10H2,1H3,(H2,22,23)(H,24,27). The van der Waals surface area contributed by atoms with E-state index in [1.807, 2.05) is 116 Å². The van der Waals surface area contributed by atoms with Gasteiger partial charge < -0.3 is 59.3 Å². The van der Waals surface area contributed by atoms with Crippen molar-refractivity contribution in [2.75, 3.05) is 5.73 Å². The second-order valence-corrected chi connectivity index (χ2v) is 34.7. The summed E-state index contributed by atoms with van der Waals surface area (Å²) in [5.74, 6) is -2.79. The van der Waals surface area contributed by atoms with Crippen LogP contribution in [0.4, 0.5) is 5.82 Å². The Balaban J connectivity index is 0.000000109. The molecule has 0 saturated carbocycles. The second kappa shape index (κ2) is 34.2. The van der Waals surface area contributed by atoms with E-state index in [0.29, 0.717) is 77.8 Å². The number of nitrogen functional groups attached to an aromatic ring is 1. The molecule has 0 saturated heterocycles. The summed E-state index contributed by atoms with van der Waals surface area (Å²) >= 11 is 21.2. The number of aromatic nitrogens is 13. The van der Waals surface area contributed by atoms with Crippen molar-refractivity contribution in [3.8, 4) is 44.5 Å². The van der Waals surface area contributed by atoms with Crippen molar-refractivity contribution in [1.29, 1.82) is 0 Å². The number of aryl methyl sites for hydroxylation is 6. The molecule has 0 bridgehead atoms. The van der Waals surface area contributed by atoms with E-state index in [1.54, 1.807) is 105 Å². The Morgan fingerprint density at radius 1 is 0.408 bits per heavy atom. The van der Waals surface area contributed by atoms with Crippen molar-refractivity contribution in [2.24, 2.45) is 0 Å². The van der Waals surface area contributed by atoms with Gasteiger partial charge in [0.05, 0.1) is 55.9 Å². The van der Waals surface area contributed by atoms with Crippen molar-refractivity contribution in [3.63, 3.8) is 0 Å². The van der Waals surface area contributed by atoms with Gasteiger partial charge in [0, 0.05) is 166 Å². The smallest absolute Gasteiger partial charge is 0.353 e. The molecular weight excluding hydrogens is 1720 g/mol. The quantitative estimate of drug-likeness (QED) is 0.0442. The lowest BCUT2D eigenvalue weighted by Gasteiger charge is -2.12. The summed E-state index contributed by atoms with van der Waals surface area (Å²) in [6, 6.07) is 61.0. The first kappa shape index (κ1) is 83.1. The van der Waals surface area contributed by atoms with E-state index >= 15 is 0 Å². The summed E-state index contributed by atoms with van der Waals surface area (Å²) in [7, 11) is 0. The Kier molecular flexibility index (Phi) is 21.9. The Bertz CT molecular complexity index is 8210. The summed E-state index contributed by atoms with van der Waals surface area (Å²) in [4.78, 5) is 122. The van der Waals surface area contributed by atoms with Gasteiger partial charge in [-0.2, -0.15) is 0 Å². The maximum atomic E-state index is 12.8. The molecule has 3 aliphatic rings. The molecule has 0 unspecified atom stereocenters. The van der Waals surface area contributed by atoms with E-state index in [4.69, 9.17) is 40.5 Å². The maximum absolute atomic E-state index is 12.8. The van der Waals surface area contributed by atoms with Gasteiger partial charge in [-0.15, -0.1) is 11.3 Å². The number of anilines is 1. The first-order valence-electron chi connectivity index (χ1n) is 42.3. The maximum Gasteiger partial charge on any atom is 0.353 e. The van der Waals surface area contributed by atoms with E-state index in [1.165, 1.54) is 33.4 Å². The molecule has 24 nitrogen and oxygen atoms in total. The molecule has 0 spiro atoms. The topological polar surface area (TPSA) is 354 Å². The Morgan fingerprint density at radius 2 is 0.846 bits per heavy atom. The highest BCUT2D eigenvalue weighted by molar-refractivity contribution is 7.16. The van der Waals surface area contributed by atoms with E-state index in [9.17, 15) is 48.9 Å². The van der Waals surface area contributed by atoms with Crippen LogP contribution in [0.25, 0.3) is 131 Å². The average Bonchev–Trinajstić information content (AvgIpc) is 1.56. The molecule has 130 heavy (non-hydrogen) atoms. The molecule has 13 aromatic heterocycles. The molecule has 0 amide bonds. The van der Waals surface area contributed by atoms with Crippen LogP contribution in [0.5, 0.6) is 0 Å². The molecule has 0 fully saturated rings. The van der Waals surface area contributed by atoms with Crippen LogP contribution in [0.3, 0.4) is 0 Å². The summed E-state index contributed by atoms with van der Waals surface area (Å²) in [6.07, 6.45) is 18.6. The van der Waals surface area contributed by atoms with Gasteiger partial charge in [0.2, 0.25) is 0 Å². The number of aromatic amines is 4. The van der Waals surface area contributed by atoms with Crippen LogP contribution in [0, 0.1) is 6.92 Å². The molecule has 7 aromatic carbocycles. The van der Waals surface area contributed by atoms with E-state index in [-0.39, 0.29) is 59.0 Å². The van der Waals surface area contributed by atoms with Crippen LogP contribution in [-0.2, 0) is 64.7 Å². The number of H-pyrrole nitrogens is 4. The van der Waals surface area contributed by atoms with Gasteiger partial charge in [0.25, 0.3) is 22.2 Å². The van der Waals surface area contributed by atoms with Crippen molar-refractivity contribution in [2.45, 2.75) is 90.9 Å². The zero-order chi connectivity index (χ0) is 89.4. The Labute approximate surface area is 757 Å². The molecule has 0 aliphatic heterocycles. The predicted molar refractivity (Wildman–Crippen MR) is 512 cm³/mol. The summed E-state index contributed by atoms with van der Waals surface area (Å²) in [5, 5.41) is 38.3. The number of carbonyl (C=O) groups is 3. The fraction of sp³-hybridized carbons (Fsp3) is 0.137. The zero-order valence-electron chi connectivity index (χ0n) is 69.6. The number of carboxylic acids is 3. The van der Waals surface area contributed by atoms with Gasteiger partial charge in [-0.1, -0.05) is 89.4 Å². The number of nitrogens with two attached hydrogens (primary N) is 1. The fourth-order valence-electron chi connectivity index (χ4n) is 19.2. The summed E-state index contributed by atoms with van der Waals surface area (Å²) < 4.78 is 8.64. The van der Waals surface area contributed by atoms with Gasteiger partial charge in [-0.05, 0) is 249 Å². The van der Waals surface area contributed by atoms with Crippen LogP contribution >= 0.6 is 46.1 Å². The number of nitrogens with one attached hydrogen (secondary N) is 4. The van der Waals surface area contributed by atoms with E-state index in [0.717, 1.165) is 167 Å². The lowest BCUT2D eigenvalue weighted by atomic mass is 10.00. The molecule has 28 heteroatoms. The number of para-hydroxylation sites is 3.